The molecule has 0 aromatic carbocycles. The molecule has 7 heterocycles. The highest BCUT2D eigenvalue weighted by Gasteiger charge is 2.59. The Bertz CT molecular complexity index is 2370. The van der Waals surface area contributed by atoms with Gasteiger partial charge in [-0.25, -0.2) is 0 Å². The zero-order valence-electron chi connectivity index (χ0n) is 50.5. The molecule has 24 N–H and O–H groups in total. The second kappa shape index (κ2) is 35.0. The van der Waals surface area contributed by atoms with Crippen LogP contribution in [0.1, 0.15) is 20.8 Å². The Morgan fingerprint density at radius 2 is 0.681 bits per heavy atom. The number of hydrogen-bond acceptors (Lipinski definition) is 38. The standard InChI is InChI=1S/C52H88N4O38/c1-14(65)54-25-32(72)28(68)18(5-58)83-46(25)82-12-24-31(71)45(94-48-26(55-15(2)66)33(73)41(21(8-61)86-48)90-50-37(77)35(75)29(69)19(6-59)84-50)40(80)52(89-24)91-42-22(9-62)87-47(27(34(42)74)56-16(3)67)93-44-30(70)20(7-60)85-51(39(44)79)92-43-23(10-63)88-49(38(78)36(43)76)81-11-17(4-57)53-13-64/h13,17-52,57-63,68-80H,4-12H2,1-3H3,(H,53,64)(H,54,65)(H,55,66)(H,56,67)/t17-,18-,19-,20-,21-,22-,23-,24-,25-,26-,27-,28-,29+,30+,31+,32-,33-,34-,35+,36-,37-,38-,39-,40-,41-,42-,43-,44+,45+,46-,47+,48-,49-,50+,51+,52+/m1/s1. The maximum absolute atomic E-state index is 12.9. The van der Waals surface area contributed by atoms with Crippen molar-refractivity contribution in [3.05, 3.63) is 0 Å². The fourth-order valence-corrected chi connectivity index (χ4v) is 11.7. The highest BCUT2D eigenvalue weighted by Crippen LogP contribution is 2.38. The zero-order valence-corrected chi connectivity index (χ0v) is 50.5. The fourth-order valence-electron chi connectivity index (χ4n) is 11.7. The largest absolute Gasteiger partial charge is 0.394 e. The molecule has 7 rings (SSSR count). The molecule has 0 aromatic rings. The molecule has 0 radical (unpaired) electrons. The number of carbonyl (C=O) groups is 4. The van der Waals surface area contributed by atoms with Crippen molar-refractivity contribution >= 4 is 24.1 Å². The minimum absolute atomic E-state index is 0.262. The van der Waals surface area contributed by atoms with Crippen molar-refractivity contribution in [1.82, 2.24) is 21.3 Å². The molecule has 0 bridgehead atoms. The van der Waals surface area contributed by atoms with Crippen LogP contribution in [0.3, 0.4) is 0 Å². The Hall–Kier alpha value is -3.48. The van der Waals surface area contributed by atoms with E-state index in [1.807, 2.05) is 0 Å². The summed E-state index contributed by atoms with van der Waals surface area (Å²) in [6, 6.07) is -6.39. The van der Waals surface area contributed by atoms with Crippen LogP contribution in [0.2, 0.25) is 0 Å². The van der Waals surface area contributed by atoms with Crippen molar-refractivity contribution in [3.63, 3.8) is 0 Å². The van der Waals surface area contributed by atoms with Crippen molar-refractivity contribution in [2.24, 2.45) is 0 Å². The number of hydrogen-bond donors (Lipinski definition) is 24. The van der Waals surface area contributed by atoms with Gasteiger partial charge in [-0.1, -0.05) is 0 Å². The normalized spacial score (nSPS) is 46.4. The highest BCUT2D eigenvalue weighted by atomic mass is 16.8. The summed E-state index contributed by atoms with van der Waals surface area (Å²) in [5, 5.41) is 228. The van der Waals surface area contributed by atoms with Gasteiger partial charge in [-0.05, 0) is 0 Å². The van der Waals surface area contributed by atoms with Gasteiger partial charge in [0.2, 0.25) is 24.1 Å². The number of carbonyl (C=O) groups excluding carboxylic acids is 4. The molecule has 0 aromatic heterocycles. The lowest BCUT2D eigenvalue weighted by molar-refractivity contribution is -0.389. The maximum Gasteiger partial charge on any atom is 0.217 e. The van der Waals surface area contributed by atoms with Crippen molar-refractivity contribution in [3.8, 4) is 0 Å². The Kier molecular flexibility index (Phi) is 29.0. The quantitative estimate of drug-likeness (QED) is 0.0324. The summed E-state index contributed by atoms with van der Waals surface area (Å²) in [4.78, 5) is 49.0. The summed E-state index contributed by atoms with van der Waals surface area (Å²) in [6.07, 6.45) is -62.7. The highest BCUT2D eigenvalue weighted by molar-refractivity contribution is 5.74. The number of nitrogens with one attached hydrogen (secondary N) is 4. The predicted octanol–water partition coefficient (Wildman–Crippen LogP) is -16.7. The van der Waals surface area contributed by atoms with E-state index in [0.29, 0.717) is 0 Å². The topological polar surface area (TPSA) is 650 Å². The third-order valence-corrected chi connectivity index (χ3v) is 16.7. The van der Waals surface area contributed by atoms with Gasteiger partial charge in [0.05, 0.1) is 65.5 Å². The van der Waals surface area contributed by atoms with E-state index in [9.17, 15) is 121 Å². The molecule has 7 aliphatic rings. The van der Waals surface area contributed by atoms with E-state index in [1.54, 1.807) is 0 Å². The third kappa shape index (κ3) is 17.7. The summed E-state index contributed by atoms with van der Waals surface area (Å²) >= 11 is 0. The van der Waals surface area contributed by atoms with Gasteiger partial charge in [0.15, 0.2) is 44.0 Å². The molecule has 4 amide bonds. The van der Waals surface area contributed by atoms with Crippen LogP contribution in [-0.4, -0.2) is 407 Å². The van der Waals surface area contributed by atoms with Crippen LogP contribution in [0.25, 0.3) is 0 Å². The van der Waals surface area contributed by atoms with Crippen LogP contribution >= 0.6 is 0 Å². The van der Waals surface area contributed by atoms with Crippen molar-refractivity contribution in [2.75, 3.05) is 59.5 Å². The number of rotatable bonds is 28. The smallest absolute Gasteiger partial charge is 0.217 e. The Labute approximate surface area is 533 Å². The van der Waals surface area contributed by atoms with Gasteiger partial charge in [-0.15, -0.1) is 0 Å². The molecule has 0 saturated carbocycles. The van der Waals surface area contributed by atoms with Crippen molar-refractivity contribution in [1.29, 1.82) is 0 Å². The minimum atomic E-state index is -2.39. The maximum atomic E-state index is 12.9. The molecule has 7 fully saturated rings. The first kappa shape index (κ1) is 77.9. The zero-order chi connectivity index (χ0) is 69.3. The molecule has 544 valence electrons. The lowest BCUT2D eigenvalue weighted by atomic mass is 9.93. The molecule has 7 saturated heterocycles. The Morgan fingerprint density at radius 1 is 0.351 bits per heavy atom. The molecular weight excluding hydrogens is 1290 g/mol. The van der Waals surface area contributed by atoms with Crippen LogP contribution < -0.4 is 21.3 Å². The van der Waals surface area contributed by atoms with Crippen LogP contribution in [0, 0.1) is 0 Å². The minimum Gasteiger partial charge on any atom is -0.394 e. The molecule has 94 heavy (non-hydrogen) atoms. The monoisotopic (exact) mass is 1380 g/mol. The summed E-state index contributed by atoms with van der Waals surface area (Å²) in [7, 11) is 0. The first-order valence-electron chi connectivity index (χ1n) is 29.8. The van der Waals surface area contributed by atoms with E-state index in [0.717, 1.165) is 20.8 Å². The molecule has 0 unspecified atom stereocenters. The molecular formula is C52H88N4O38. The first-order chi connectivity index (χ1) is 44.6. The molecule has 36 atom stereocenters. The molecule has 7 aliphatic heterocycles. The average molecular weight is 1380 g/mol. The Balaban J connectivity index is 1.16. The number of ether oxygens (including phenoxy) is 14. The van der Waals surface area contributed by atoms with E-state index in [4.69, 9.17) is 66.3 Å². The van der Waals surface area contributed by atoms with E-state index < -0.39 is 298 Å². The molecule has 0 aliphatic carbocycles. The van der Waals surface area contributed by atoms with Crippen LogP contribution in [0.15, 0.2) is 0 Å². The summed E-state index contributed by atoms with van der Waals surface area (Å²) in [5.74, 6) is -2.62. The first-order valence-corrected chi connectivity index (χ1v) is 29.8. The fraction of sp³-hybridized carbons (Fsp3) is 0.923. The number of amides is 4. The van der Waals surface area contributed by atoms with E-state index in [1.165, 1.54) is 0 Å². The molecule has 42 nitrogen and oxygen atoms in total. The van der Waals surface area contributed by atoms with Gasteiger partial charge in [-0.3, -0.25) is 19.2 Å². The van der Waals surface area contributed by atoms with E-state index in [2.05, 4.69) is 21.3 Å². The summed E-state index contributed by atoms with van der Waals surface area (Å²) in [6.45, 7) is -5.18. The third-order valence-electron chi connectivity index (χ3n) is 16.7. The van der Waals surface area contributed by atoms with Gasteiger partial charge < -0.3 is 190 Å². The predicted molar refractivity (Wildman–Crippen MR) is 290 cm³/mol. The number of aliphatic hydroxyl groups is 20. The summed E-state index contributed by atoms with van der Waals surface area (Å²) < 4.78 is 81.5. The van der Waals surface area contributed by atoms with Gasteiger partial charge >= 0.3 is 0 Å². The summed E-state index contributed by atoms with van der Waals surface area (Å²) in [5.41, 5.74) is 0. The second-order valence-electron chi connectivity index (χ2n) is 23.3. The van der Waals surface area contributed by atoms with Crippen molar-refractivity contribution < 1.29 is 188 Å². The molecule has 42 heteroatoms. The lowest BCUT2D eigenvalue weighted by Gasteiger charge is -2.51. The van der Waals surface area contributed by atoms with Gasteiger partial charge in [0.1, 0.15) is 171 Å². The van der Waals surface area contributed by atoms with Crippen molar-refractivity contribution in [2.45, 2.75) is 242 Å². The van der Waals surface area contributed by atoms with E-state index in [-0.39, 0.29) is 6.41 Å². The van der Waals surface area contributed by atoms with Crippen LogP contribution in [0.4, 0.5) is 0 Å². The van der Waals surface area contributed by atoms with Crippen LogP contribution in [-0.2, 0) is 85.5 Å². The van der Waals surface area contributed by atoms with Gasteiger partial charge in [-0.2, -0.15) is 0 Å². The SMILES string of the molecule is CC(=O)N[C@H]1[C@@H](O[C@H]2[C@@H](O)[C@@H](CO[C@@H]3O[C@H](CO)[C@@H](O)[C@H](O)[C@H]3NC(C)=O)O[C@@H](O[C@H]3[C@H](O)[C@@H](NC(C)=O)[C@H](O[C@H]4[C@@H](O)[C@@H](CO)O[C@@H](O[C@H]5[C@H](O)[C@@H](O)[C@H](OC[C@@H](CO)NC=O)O[C@@H]5CO)[C@@H]4O)O[C@@H]3CO)[C@@H]2O)O[C@H](CO)[C@@H](O[C@@H]2O[C@H](CO)[C@H](O)[C@H](O)[C@H]2O)[C@@H]1O. The molecule has 0 spiro atoms. The van der Waals surface area contributed by atoms with E-state index >= 15 is 0 Å². The average Bonchev–Trinajstić information content (AvgIpc) is 0.779. The van der Waals surface area contributed by atoms with Gasteiger partial charge in [0, 0.05) is 20.8 Å². The Morgan fingerprint density at radius 3 is 1.10 bits per heavy atom. The lowest BCUT2D eigenvalue weighted by Crippen LogP contribution is -2.71. The van der Waals surface area contributed by atoms with Crippen LogP contribution in [0.5, 0.6) is 0 Å². The van der Waals surface area contributed by atoms with Gasteiger partial charge in [0.25, 0.3) is 0 Å². The number of aliphatic hydroxyl groups excluding tert-OH is 20. The second-order valence-corrected chi connectivity index (χ2v) is 23.3.